The maximum Gasteiger partial charge on any atom is 0.161 e. The molecule has 0 fully saturated rings. The van der Waals surface area contributed by atoms with Gasteiger partial charge in [0.15, 0.2) is 5.82 Å². The van der Waals surface area contributed by atoms with Crippen molar-refractivity contribution in [2.24, 2.45) is 7.05 Å². The Bertz CT molecular complexity index is 1030. The summed E-state index contributed by atoms with van der Waals surface area (Å²) in [7, 11) is 1.89. The second-order valence-corrected chi connectivity index (χ2v) is 6.38. The number of anilines is 2. The fourth-order valence-corrected chi connectivity index (χ4v) is 2.99. The second-order valence-electron chi connectivity index (χ2n) is 5.34. The van der Waals surface area contributed by atoms with Crippen LogP contribution in [-0.2, 0) is 7.05 Å². The van der Waals surface area contributed by atoms with Gasteiger partial charge in [-0.3, -0.25) is 9.67 Å². The molecule has 0 saturated heterocycles. The lowest BCUT2D eigenvalue weighted by Crippen LogP contribution is -2.00. The normalized spacial score (nSPS) is 11.0. The highest BCUT2D eigenvalue weighted by molar-refractivity contribution is 7.99. The summed E-state index contributed by atoms with van der Waals surface area (Å²) in [5.41, 5.74) is 2.28. The van der Waals surface area contributed by atoms with Crippen LogP contribution in [-0.4, -0.2) is 34.7 Å². The number of fused-ring (bicyclic) bond motifs is 1. The summed E-state index contributed by atoms with van der Waals surface area (Å²) < 4.78 is 1.76. The third-order valence-corrected chi connectivity index (χ3v) is 4.25. The maximum atomic E-state index is 4.67. The number of rotatable bonds is 4. The van der Waals surface area contributed by atoms with Crippen molar-refractivity contribution in [3.05, 3.63) is 48.8 Å². The summed E-state index contributed by atoms with van der Waals surface area (Å²) in [5, 5.41) is 9.21. The fourth-order valence-electron chi connectivity index (χ4n) is 2.20. The topological polar surface area (TPSA) is 94.3 Å². The Kier molecular flexibility index (Phi) is 3.98. The molecular formula is C16H14N8S. The van der Waals surface area contributed by atoms with E-state index < -0.39 is 0 Å². The molecule has 0 aliphatic carbocycles. The molecule has 4 aromatic rings. The van der Waals surface area contributed by atoms with E-state index in [2.05, 4.69) is 35.3 Å². The lowest BCUT2D eigenvalue weighted by molar-refractivity contribution is 0.738. The third-order valence-electron chi connectivity index (χ3n) is 3.38. The Morgan fingerprint density at radius 3 is 2.68 bits per heavy atom. The van der Waals surface area contributed by atoms with Gasteiger partial charge in [0, 0.05) is 13.2 Å². The summed E-state index contributed by atoms with van der Waals surface area (Å²) in [6, 6.07) is 5.78. The lowest BCUT2D eigenvalue weighted by Gasteiger charge is -2.07. The SMILES string of the molecule is Cc1cnc(Nc2ncnc3ccc(Sc4ccn(C)n4)nc23)cn1. The van der Waals surface area contributed by atoms with Gasteiger partial charge in [0.25, 0.3) is 0 Å². The largest absolute Gasteiger partial charge is 0.322 e. The Morgan fingerprint density at radius 2 is 1.92 bits per heavy atom. The summed E-state index contributed by atoms with van der Waals surface area (Å²) in [4.78, 5) is 21.8. The highest BCUT2D eigenvalue weighted by Crippen LogP contribution is 2.28. The van der Waals surface area contributed by atoms with E-state index in [4.69, 9.17) is 0 Å². The van der Waals surface area contributed by atoms with E-state index in [1.807, 2.05) is 38.4 Å². The minimum Gasteiger partial charge on any atom is -0.322 e. The van der Waals surface area contributed by atoms with Gasteiger partial charge in [-0.05, 0) is 36.9 Å². The van der Waals surface area contributed by atoms with Crippen molar-refractivity contribution in [3.63, 3.8) is 0 Å². The van der Waals surface area contributed by atoms with E-state index in [1.54, 1.807) is 17.1 Å². The molecule has 8 nitrogen and oxygen atoms in total. The summed E-state index contributed by atoms with van der Waals surface area (Å²) >= 11 is 1.49. The standard InChI is InChI=1S/C16H14N8S/c1-10-7-18-12(8-17-10)21-16-15-11(19-9-20-16)3-4-13(22-15)25-14-5-6-24(2)23-14/h3-9H,1-2H3,(H,18,19,20,21). The molecule has 1 N–H and O–H groups in total. The average molecular weight is 350 g/mol. The van der Waals surface area contributed by atoms with Crippen LogP contribution in [0.3, 0.4) is 0 Å². The van der Waals surface area contributed by atoms with Crippen molar-refractivity contribution in [2.75, 3.05) is 5.32 Å². The van der Waals surface area contributed by atoms with Crippen LogP contribution in [0.2, 0.25) is 0 Å². The van der Waals surface area contributed by atoms with Crippen LogP contribution in [0.1, 0.15) is 5.69 Å². The molecule has 4 heterocycles. The van der Waals surface area contributed by atoms with Crippen LogP contribution >= 0.6 is 11.8 Å². The first-order valence-corrected chi connectivity index (χ1v) is 8.34. The molecule has 0 amide bonds. The highest BCUT2D eigenvalue weighted by Gasteiger charge is 2.09. The van der Waals surface area contributed by atoms with Crippen molar-refractivity contribution < 1.29 is 0 Å². The number of pyridine rings is 1. The van der Waals surface area contributed by atoms with Crippen LogP contribution in [0.4, 0.5) is 11.6 Å². The molecule has 25 heavy (non-hydrogen) atoms. The fraction of sp³-hybridized carbons (Fsp3) is 0.125. The molecule has 0 radical (unpaired) electrons. The highest BCUT2D eigenvalue weighted by atomic mass is 32.2. The van der Waals surface area contributed by atoms with Crippen molar-refractivity contribution in [2.45, 2.75) is 17.0 Å². The number of nitrogens with one attached hydrogen (secondary N) is 1. The van der Waals surface area contributed by atoms with E-state index in [0.717, 1.165) is 21.3 Å². The van der Waals surface area contributed by atoms with Crippen LogP contribution in [0, 0.1) is 6.92 Å². The van der Waals surface area contributed by atoms with E-state index in [-0.39, 0.29) is 0 Å². The second kappa shape index (κ2) is 6.44. The molecule has 124 valence electrons. The van der Waals surface area contributed by atoms with Gasteiger partial charge < -0.3 is 5.32 Å². The monoisotopic (exact) mass is 350 g/mol. The molecule has 4 rings (SSSR count). The Morgan fingerprint density at radius 1 is 1.00 bits per heavy atom. The van der Waals surface area contributed by atoms with Gasteiger partial charge in [-0.25, -0.2) is 19.9 Å². The molecule has 0 bridgehead atoms. The Labute approximate surface area is 147 Å². The summed E-state index contributed by atoms with van der Waals surface area (Å²) in [6.45, 7) is 1.89. The number of nitrogens with zero attached hydrogens (tertiary/aromatic N) is 7. The average Bonchev–Trinajstić information content (AvgIpc) is 3.02. The first kappa shape index (κ1) is 15.5. The van der Waals surface area contributed by atoms with Crippen molar-refractivity contribution in [3.8, 4) is 0 Å². The lowest BCUT2D eigenvalue weighted by atomic mass is 10.3. The van der Waals surface area contributed by atoms with Gasteiger partial charge in [-0.2, -0.15) is 5.10 Å². The van der Waals surface area contributed by atoms with E-state index in [1.165, 1.54) is 18.1 Å². The van der Waals surface area contributed by atoms with Crippen molar-refractivity contribution in [1.29, 1.82) is 0 Å². The number of hydrogen-bond donors (Lipinski definition) is 1. The van der Waals surface area contributed by atoms with Gasteiger partial charge >= 0.3 is 0 Å². The molecule has 0 atom stereocenters. The minimum atomic E-state index is 0.589. The van der Waals surface area contributed by atoms with Gasteiger partial charge in [-0.15, -0.1) is 0 Å². The molecule has 0 aliphatic heterocycles. The molecule has 0 unspecified atom stereocenters. The quantitative estimate of drug-likeness (QED) is 0.600. The Hall–Kier alpha value is -3.07. The first-order valence-electron chi connectivity index (χ1n) is 7.52. The van der Waals surface area contributed by atoms with Gasteiger partial charge in [0.2, 0.25) is 0 Å². The van der Waals surface area contributed by atoms with Gasteiger partial charge in [-0.1, -0.05) is 0 Å². The molecule has 0 aliphatic rings. The zero-order valence-electron chi connectivity index (χ0n) is 13.6. The van der Waals surface area contributed by atoms with Crippen LogP contribution in [0.15, 0.2) is 53.2 Å². The minimum absolute atomic E-state index is 0.589. The first-order chi connectivity index (χ1) is 12.2. The predicted octanol–water partition coefficient (Wildman–Crippen LogP) is 2.75. The number of hydrogen-bond acceptors (Lipinski definition) is 8. The number of aryl methyl sites for hydroxylation is 2. The van der Waals surface area contributed by atoms with Crippen LogP contribution in [0.25, 0.3) is 11.0 Å². The van der Waals surface area contributed by atoms with Crippen molar-refractivity contribution >= 4 is 34.4 Å². The van der Waals surface area contributed by atoms with Crippen LogP contribution < -0.4 is 5.32 Å². The molecule has 0 aromatic carbocycles. The summed E-state index contributed by atoms with van der Waals surface area (Å²) in [6.07, 6.45) is 6.76. The molecule has 4 aromatic heterocycles. The maximum absolute atomic E-state index is 4.67. The van der Waals surface area contributed by atoms with E-state index in [0.29, 0.717) is 17.2 Å². The molecule has 9 heteroatoms. The Balaban J connectivity index is 1.68. The molecule has 0 spiro atoms. The van der Waals surface area contributed by atoms with E-state index >= 15 is 0 Å². The molecular weight excluding hydrogens is 336 g/mol. The van der Waals surface area contributed by atoms with Crippen molar-refractivity contribution in [1.82, 2.24) is 34.7 Å². The molecule has 0 saturated carbocycles. The van der Waals surface area contributed by atoms with Gasteiger partial charge in [0.1, 0.15) is 27.7 Å². The zero-order valence-corrected chi connectivity index (χ0v) is 14.4. The van der Waals surface area contributed by atoms with Crippen LogP contribution in [0.5, 0.6) is 0 Å². The third kappa shape index (κ3) is 3.41. The van der Waals surface area contributed by atoms with E-state index in [9.17, 15) is 0 Å². The smallest absolute Gasteiger partial charge is 0.161 e. The zero-order chi connectivity index (χ0) is 17.2. The summed E-state index contributed by atoms with van der Waals surface area (Å²) in [5.74, 6) is 1.20. The number of aromatic nitrogens is 7. The predicted molar refractivity (Wildman–Crippen MR) is 94.7 cm³/mol. The van der Waals surface area contributed by atoms with Gasteiger partial charge in [0.05, 0.1) is 23.6 Å².